The van der Waals surface area contributed by atoms with E-state index >= 15 is 0 Å². The molecule has 1 aliphatic rings. The van der Waals surface area contributed by atoms with Gasteiger partial charge in [-0.15, -0.1) is 0 Å². The first-order valence-electron chi connectivity index (χ1n) is 9.18. The second-order valence-electron chi connectivity index (χ2n) is 6.72. The highest BCUT2D eigenvalue weighted by Crippen LogP contribution is 2.24. The summed E-state index contributed by atoms with van der Waals surface area (Å²) in [5.74, 6) is 2.04. The van der Waals surface area contributed by atoms with E-state index in [1.807, 2.05) is 25.1 Å². The van der Waals surface area contributed by atoms with Crippen LogP contribution in [0.3, 0.4) is 0 Å². The Bertz CT molecular complexity index is 947. The second-order valence-corrected chi connectivity index (χ2v) is 6.72. The Hall–Kier alpha value is -2.64. The topological polar surface area (TPSA) is 81.4 Å². The van der Waals surface area contributed by atoms with Gasteiger partial charge in [0.25, 0.3) is 0 Å². The van der Waals surface area contributed by atoms with Crippen LogP contribution >= 0.6 is 0 Å². The number of morpholine rings is 1. The molecular weight excluding hydrogens is 344 g/mol. The third-order valence-electron chi connectivity index (χ3n) is 4.70. The molecule has 7 heteroatoms. The van der Waals surface area contributed by atoms with Gasteiger partial charge in [-0.2, -0.15) is 0 Å². The van der Waals surface area contributed by atoms with Crippen molar-refractivity contribution in [2.75, 3.05) is 32.8 Å². The summed E-state index contributed by atoms with van der Waals surface area (Å²) >= 11 is 0. The summed E-state index contributed by atoms with van der Waals surface area (Å²) in [4.78, 5) is 27.6. The number of fused-ring (bicyclic) bond motifs is 1. The Morgan fingerprint density at radius 2 is 2.04 bits per heavy atom. The second kappa shape index (κ2) is 7.94. The number of carbonyl (C=O) groups excluding carboxylic acids is 1. The van der Waals surface area contributed by atoms with Crippen LogP contribution in [0.5, 0.6) is 0 Å². The number of rotatable bonds is 6. The highest BCUT2D eigenvalue weighted by atomic mass is 16.5. The van der Waals surface area contributed by atoms with Gasteiger partial charge >= 0.3 is 0 Å². The summed E-state index contributed by atoms with van der Waals surface area (Å²) in [6.45, 7) is 5.86. The van der Waals surface area contributed by atoms with Gasteiger partial charge in [-0.05, 0) is 6.07 Å². The number of nitrogens with zero attached hydrogens (tertiary/aromatic N) is 4. The standard InChI is InChI=1S/C20H22N4O3/c1-14-21-13-19(27-14)15-2-3-16-12-22-20(23-18(16)10-15)11-17(25)4-5-24-6-8-26-9-7-24/h2-3,10,12-13H,4-9,11H2,1H3. The molecule has 140 valence electrons. The molecule has 0 N–H and O–H groups in total. The van der Waals surface area contributed by atoms with Crippen LogP contribution in [-0.2, 0) is 16.0 Å². The number of carbonyl (C=O) groups is 1. The van der Waals surface area contributed by atoms with Crippen molar-refractivity contribution in [2.45, 2.75) is 19.8 Å². The van der Waals surface area contributed by atoms with Crippen LogP contribution in [0.15, 0.2) is 35.0 Å². The molecule has 3 aromatic rings. The first kappa shape index (κ1) is 17.8. The van der Waals surface area contributed by atoms with E-state index in [-0.39, 0.29) is 12.2 Å². The fourth-order valence-electron chi connectivity index (χ4n) is 3.17. The fourth-order valence-corrected chi connectivity index (χ4v) is 3.17. The van der Waals surface area contributed by atoms with Gasteiger partial charge in [-0.1, -0.05) is 12.1 Å². The molecular formula is C20H22N4O3. The number of ketones is 1. The maximum Gasteiger partial charge on any atom is 0.191 e. The minimum absolute atomic E-state index is 0.155. The highest BCUT2D eigenvalue weighted by molar-refractivity contribution is 5.84. The first-order chi connectivity index (χ1) is 13.2. The molecule has 1 fully saturated rings. The number of aryl methyl sites for hydroxylation is 1. The van der Waals surface area contributed by atoms with E-state index in [2.05, 4.69) is 19.9 Å². The van der Waals surface area contributed by atoms with Crippen LogP contribution in [0.1, 0.15) is 18.1 Å². The SMILES string of the molecule is Cc1ncc(-c2ccc3cnc(CC(=O)CCN4CCOCC4)nc3c2)o1. The van der Waals surface area contributed by atoms with E-state index in [1.54, 1.807) is 12.4 Å². The molecule has 0 bridgehead atoms. The lowest BCUT2D eigenvalue weighted by Crippen LogP contribution is -2.37. The van der Waals surface area contributed by atoms with Crippen molar-refractivity contribution in [2.24, 2.45) is 0 Å². The lowest BCUT2D eigenvalue weighted by atomic mass is 10.1. The molecule has 27 heavy (non-hydrogen) atoms. The molecule has 1 aliphatic heterocycles. The summed E-state index contributed by atoms with van der Waals surface area (Å²) in [5.41, 5.74) is 1.71. The number of aromatic nitrogens is 3. The van der Waals surface area contributed by atoms with E-state index in [0.717, 1.165) is 49.3 Å². The zero-order valence-corrected chi connectivity index (χ0v) is 15.4. The van der Waals surface area contributed by atoms with Crippen LogP contribution in [0.2, 0.25) is 0 Å². The van der Waals surface area contributed by atoms with Gasteiger partial charge in [0.05, 0.1) is 31.3 Å². The Labute approximate surface area is 157 Å². The molecule has 2 aromatic heterocycles. The molecule has 0 atom stereocenters. The molecule has 0 saturated carbocycles. The van der Waals surface area contributed by atoms with Crippen LogP contribution in [0.25, 0.3) is 22.2 Å². The number of hydrogen-bond acceptors (Lipinski definition) is 7. The predicted octanol–water partition coefficient (Wildman–Crippen LogP) is 2.43. The third kappa shape index (κ3) is 4.37. The van der Waals surface area contributed by atoms with E-state index in [4.69, 9.17) is 9.15 Å². The van der Waals surface area contributed by atoms with Gasteiger partial charge in [-0.3, -0.25) is 9.69 Å². The first-order valence-corrected chi connectivity index (χ1v) is 9.18. The van der Waals surface area contributed by atoms with Gasteiger partial charge < -0.3 is 9.15 Å². The lowest BCUT2D eigenvalue weighted by Gasteiger charge is -2.26. The monoisotopic (exact) mass is 366 g/mol. The summed E-state index contributed by atoms with van der Waals surface area (Å²) in [6, 6.07) is 5.85. The van der Waals surface area contributed by atoms with Gasteiger partial charge in [0, 0.05) is 50.1 Å². The molecule has 0 amide bonds. The zero-order valence-electron chi connectivity index (χ0n) is 15.4. The normalized spacial score (nSPS) is 15.3. The fraction of sp³-hybridized carbons (Fsp3) is 0.400. The molecule has 1 saturated heterocycles. The van der Waals surface area contributed by atoms with Crippen LogP contribution in [-0.4, -0.2) is 58.5 Å². The van der Waals surface area contributed by atoms with E-state index in [0.29, 0.717) is 23.9 Å². The van der Waals surface area contributed by atoms with Gasteiger partial charge in [0.2, 0.25) is 0 Å². The van der Waals surface area contributed by atoms with Crippen molar-refractivity contribution in [3.63, 3.8) is 0 Å². The van der Waals surface area contributed by atoms with Gasteiger partial charge in [0.1, 0.15) is 11.6 Å². The van der Waals surface area contributed by atoms with E-state index < -0.39 is 0 Å². The average Bonchev–Trinajstić information content (AvgIpc) is 3.13. The summed E-state index contributed by atoms with van der Waals surface area (Å²) in [6.07, 6.45) is 4.24. The molecule has 0 unspecified atom stereocenters. The van der Waals surface area contributed by atoms with Crippen molar-refractivity contribution in [1.82, 2.24) is 19.9 Å². The number of hydrogen-bond donors (Lipinski definition) is 0. The number of Topliss-reactive ketones (excluding diaryl/α,β-unsaturated/α-hetero) is 1. The highest BCUT2D eigenvalue weighted by Gasteiger charge is 2.14. The number of benzene rings is 1. The Kier molecular flexibility index (Phi) is 5.22. The number of ether oxygens (including phenoxy) is 1. The molecule has 4 rings (SSSR count). The Morgan fingerprint density at radius 3 is 2.81 bits per heavy atom. The minimum atomic E-state index is 0.155. The molecule has 7 nitrogen and oxygen atoms in total. The Balaban J connectivity index is 1.44. The average molecular weight is 366 g/mol. The van der Waals surface area contributed by atoms with Crippen LogP contribution in [0, 0.1) is 6.92 Å². The number of oxazole rings is 1. The lowest BCUT2D eigenvalue weighted by molar-refractivity contribution is -0.119. The summed E-state index contributed by atoms with van der Waals surface area (Å²) in [7, 11) is 0. The predicted molar refractivity (Wildman–Crippen MR) is 100 cm³/mol. The van der Waals surface area contributed by atoms with E-state index in [1.165, 1.54) is 0 Å². The van der Waals surface area contributed by atoms with Gasteiger partial charge in [0.15, 0.2) is 11.7 Å². The van der Waals surface area contributed by atoms with Crippen molar-refractivity contribution >= 4 is 16.7 Å². The summed E-state index contributed by atoms with van der Waals surface area (Å²) in [5, 5.41) is 0.930. The summed E-state index contributed by atoms with van der Waals surface area (Å²) < 4.78 is 10.9. The molecule has 0 radical (unpaired) electrons. The van der Waals surface area contributed by atoms with Gasteiger partial charge in [-0.25, -0.2) is 15.0 Å². The minimum Gasteiger partial charge on any atom is -0.441 e. The van der Waals surface area contributed by atoms with Crippen LogP contribution < -0.4 is 0 Å². The van der Waals surface area contributed by atoms with E-state index in [9.17, 15) is 4.79 Å². The van der Waals surface area contributed by atoms with Crippen molar-refractivity contribution < 1.29 is 13.9 Å². The third-order valence-corrected chi connectivity index (χ3v) is 4.70. The van der Waals surface area contributed by atoms with Crippen LogP contribution in [0.4, 0.5) is 0 Å². The molecule has 0 aliphatic carbocycles. The largest absolute Gasteiger partial charge is 0.441 e. The maximum absolute atomic E-state index is 12.3. The zero-order chi connectivity index (χ0) is 18.6. The quantitative estimate of drug-likeness (QED) is 0.663. The Morgan fingerprint density at radius 1 is 1.19 bits per heavy atom. The molecule has 1 aromatic carbocycles. The molecule has 0 spiro atoms. The smallest absolute Gasteiger partial charge is 0.191 e. The van der Waals surface area contributed by atoms with Crippen molar-refractivity contribution in [1.29, 1.82) is 0 Å². The maximum atomic E-state index is 12.3. The van der Waals surface area contributed by atoms with Crippen molar-refractivity contribution in [3.05, 3.63) is 42.3 Å². The van der Waals surface area contributed by atoms with Crippen molar-refractivity contribution in [3.8, 4) is 11.3 Å². The molecule has 3 heterocycles.